The SMILES string of the molecule is CC(=O)NCCCC[C@H](NC(=O)CN)C(=O)O. The van der Waals surface area contributed by atoms with Crippen LogP contribution < -0.4 is 16.4 Å². The molecule has 2 amide bonds. The average Bonchev–Trinajstić information content (AvgIpc) is 2.26. The zero-order valence-corrected chi connectivity index (χ0v) is 9.86. The molecule has 0 aliphatic rings. The smallest absolute Gasteiger partial charge is 0.326 e. The molecule has 0 rings (SSSR count). The first-order chi connectivity index (χ1) is 7.97. The van der Waals surface area contributed by atoms with E-state index in [2.05, 4.69) is 10.6 Å². The summed E-state index contributed by atoms with van der Waals surface area (Å²) in [5.41, 5.74) is 5.08. The van der Waals surface area contributed by atoms with Crippen LogP contribution >= 0.6 is 0 Å². The van der Waals surface area contributed by atoms with Crippen molar-refractivity contribution in [1.29, 1.82) is 0 Å². The van der Waals surface area contributed by atoms with Crippen molar-refractivity contribution in [2.75, 3.05) is 13.1 Å². The maximum Gasteiger partial charge on any atom is 0.326 e. The first kappa shape index (κ1) is 15.4. The normalized spacial score (nSPS) is 11.6. The molecule has 0 saturated heterocycles. The summed E-state index contributed by atoms with van der Waals surface area (Å²) in [6.07, 6.45) is 1.59. The van der Waals surface area contributed by atoms with Gasteiger partial charge in [-0.3, -0.25) is 9.59 Å². The highest BCUT2D eigenvalue weighted by Crippen LogP contribution is 2.01. The number of aliphatic carboxylic acids is 1. The highest BCUT2D eigenvalue weighted by atomic mass is 16.4. The van der Waals surface area contributed by atoms with E-state index in [0.717, 1.165) is 0 Å². The minimum absolute atomic E-state index is 0.115. The van der Waals surface area contributed by atoms with Gasteiger partial charge in [-0.05, 0) is 19.3 Å². The first-order valence-corrected chi connectivity index (χ1v) is 5.44. The number of nitrogens with one attached hydrogen (secondary N) is 2. The number of rotatable bonds is 8. The van der Waals surface area contributed by atoms with Crippen molar-refractivity contribution < 1.29 is 19.5 Å². The molecule has 7 heteroatoms. The summed E-state index contributed by atoms with van der Waals surface area (Å²) in [5, 5.41) is 13.8. The molecule has 1 atom stereocenters. The first-order valence-electron chi connectivity index (χ1n) is 5.44. The van der Waals surface area contributed by atoms with Crippen molar-refractivity contribution in [1.82, 2.24) is 10.6 Å². The van der Waals surface area contributed by atoms with Gasteiger partial charge in [0.1, 0.15) is 6.04 Å². The van der Waals surface area contributed by atoms with E-state index in [4.69, 9.17) is 10.8 Å². The Morgan fingerprint density at radius 1 is 1.29 bits per heavy atom. The molecule has 7 nitrogen and oxygen atoms in total. The second-order valence-electron chi connectivity index (χ2n) is 3.64. The molecule has 0 aromatic heterocycles. The third-order valence-corrected chi connectivity index (χ3v) is 2.11. The van der Waals surface area contributed by atoms with E-state index in [1.165, 1.54) is 6.92 Å². The molecular formula is C10H19N3O4. The number of carboxylic acid groups (broad SMARTS) is 1. The largest absolute Gasteiger partial charge is 0.480 e. The zero-order valence-electron chi connectivity index (χ0n) is 9.86. The molecule has 98 valence electrons. The Bertz CT molecular complexity index is 281. The van der Waals surface area contributed by atoms with Crippen LogP contribution in [0, 0.1) is 0 Å². The molecule has 0 aliphatic heterocycles. The van der Waals surface area contributed by atoms with E-state index < -0.39 is 17.9 Å². The van der Waals surface area contributed by atoms with Crippen molar-refractivity contribution >= 4 is 17.8 Å². The van der Waals surface area contributed by atoms with Crippen LogP contribution in [0.3, 0.4) is 0 Å². The van der Waals surface area contributed by atoms with Gasteiger partial charge in [0, 0.05) is 13.5 Å². The summed E-state index contributed by atoms with van der Waals surface area (Å²) in [7, 11) is 0. The summed E-state index contributed by atoms with van der Waals surface area (Å²) < 4.78 is 0. The monoisotopic (exact) mass is 245 g/mol. The van der Waals surface area contributed by atoms with Crippen molar-refractivity contribution in [2.45, 2.75) is 32.2 Å². The van der Waals surface area contributed by atoms with Gasteiger partial charge in [0.15, 0.2) is 0 Å². The summed E-state index contributed by atoms with van der Waals surface area (Å²) in [6.45, 7) is 1.70. The van der Waals surface area contributed by atoms with E-state index >= 15 is 0 Å². The molecule has 0 bridgehead atoms. The van der Waals surface area contributed by atoms with Gasteiger partial charge in [0.05, 0.1) is 6.54 Å². The van der Waals surface area contributed by atoms with E-state index in [0.29, 0.717) is 25.8 Å². The number of amides is 2. The van der Waals surface area contributed by atoms with Crippen molar-refractivity contribution in [3.63, 3.8) is 0 Å². The predicted octanol–water partition coefficient (Wildman–Crippen LogP) is -1.18. The third kappa shape index (κ3) is 8.21. The van der Waals surface area contributed by atoms with Gasteiger partial charge in [0.2, 0.25) is 11.8 Å². The van der Waals surface area contributed by atoms with E-state index in [9.17, 15) is 14.4 Å². The lowest BCUT2D eigenvalue weighted by atomic mass is 10.1. The molecule has 5 N–H and O–H groups in total. The van der Waals surface area contributed by atoms with E-state index in [-0.39, 0.29) is 12.5 Å². The van der Waals surface area contributed by atoms with Crippen LogP contribution in [0.15, 0.2) is 0 Å². The minimum atomic E-state index is -1.08. The number of unbranched alkanes of at least 4 members (excludes halogenated alkanes) is 1. The van der Waals surface area contributed by atoms with Gasteiger partial charge in [-0.25, -0.2) is 4.79 Å². The summed E-state index contributed by atoms with van der Waals surface area (Å²) in [6, 6.07) is -0.914. The van der Waals surface area contributed by atoms with Gasteiger partial charge in [-0.2, -0.15) is 0 Å². The van der Waals surface area contributed by atoms with Crippen molar-refractivity contribution in [3.8, 4) is 0 Å². The molecule has 0 spiro atoms. The van der Waals surface area contributed by atoms with Crippen LogP contribution in [-0.2, 0) is 14.4 Å². The van der Waals surface area contributed by atoms with Crippen LogP contribution in [0.2, 0.25) is 0 Å². The third-order valence-electron chi connectivity index (χ3n) is 2.11. The quantitative estimate of drug-likeness (QED) is 0.401. The molecule has 0 heterocycles. The Balaban J connectivity index is 3.82. The van der Waals surface area contributed by atoms with Crippen LogP contribution in [0.4, 0.5) is 0 Å². The Kier molecular flexibility index (Phi) is 7.70. The lowest BCUT2D eigenvalue weighted by Crippen LogP contribution is -2.43. The highest BCUT2D eigenvalue weighted by molar-refractivity contribution is 5.84. The van der Waals surface area contributed by atoms with Gasteiger partial charge in [0.25, 0.3) is 0 Å². The fourth-order valence-electron chi connectivity index (χ4n) is 1.25. The van der Waals surface area contributed by atoms with Gasteiger partial charge >= 0.3 is 5.97 Å². The molecular weight excluding hydrogens is 226 g/mol. The standard InChI is InChI=1S/C10H19N3O4/c1-7(14)12-5-3-2-4-8(10(16)17)13-9(15)6-11/h8H,2-6,11H2,1H3,(H,12,14)(H,13,15)(H,16,17)/t8-/m0/s1. The van der Waals surface area contributed by atoms with Crippen molar-refractivity contribution in [2.24, 2.45) is 5.73 Å². The predicted molar refractivity (Wildman–Crippen MR) is 61.2 cm³/mol. The lowest BCUT2D eigenvalue weighted by Gasteiger charge is -2.13. The molecule has 0 aliphatic carbocycles. The summed E-state index contributed by atoms with van der Waals surface area (Å²) in [5.74, 6) is -1.68. The van der Waals surface area contributed by atoms with Crippen LogP contribution in [-0.4, -0.2) is 42.0 Å². The summed E-state index contributed by atoms with van der Waals surface area (Å²) in [4.78, 5) is 32.3. The average molecular weight is 245 g/mol. The number of carbonyl (C=O) groups is 3. The highest BCUT2D eigenvalue weighted by Gasteiger charge is 2.18. The van der Waals surface area contributed by atoms with Gasteiger partial charge in [-0.15, -0.1) is 0 Å². The van der Waals surface area contributed by atoms with E-state index in [1.54, 1.807) is 0 Å². The topological polar surface area (TPSA) is 122 Å². The van der Waals surface area contributed by atoms with Crippen molar-refractivity contribution in [3.05, 3.63) is 0 Å². The number of hydrogen-bond donors (Lipinski definition) is 4. The maximum absolute atomic E-state index is 10.9. The van der Waals surface area contributed by atoms with Gasteiger partial charge in [-0.1, -0.05) is 0 Å². The Hall–Kier alpha value is -1.63. The molecule has 0 fully saturated rings. The number of hydrogen-bond acceptors (Lipinski definition) is 4. The minimum Gasteiger partial charge on any atom is -0.480 e. The van der Waals surface area contributed by atoms with Crippen LogP contribution in [0.25, 0.3) is 0 Å². The molecule has 0 radical (unpaired) electrons. The zero-order chi connectivity index (χ0) is 13.3. The number of carboxylic acids is 1. The number of carbonyl (C=O) groups excluding carboxylic acids is 2. The Morgan fingerprint density at radius 2 is 1.94 bits per heavy atom. The molecule has 17 heavy (non-hydrogen) atoms. The Labute approximate surface area is 99.7 Å². The fourth-order valence-corrected chi connectivity index (χ4v) is 1.25. The number of nitrogens with two attached hydrogens (primary N) is 1. The molecule has 0 saturated carbocycles. The van der Waals surface area contributed by atoms with E-state index in [1.807, 2.05) is 0 Å². The second kappa shape index (κ2) is 8.51. The van der Waals surface area contributed by atoms with Crippen LogP contribution in [0.1, 0.15) is 26.2 Å². The lowest BCUT2D eigenvalue weighted by molar-refractivity contribution is -0.141. The summed E-state index contributed by atoms with van der Waals surface area (Å²) >= 11 is 0. The Morgan fingerprint density at radius 3 is 2.41 bits per heavy atom. The maximum atomic E-state index is 10.9. The van der Waals surface area contributed by atoms with Crippen LogP contribution in [0.5, 0.6) is 0 Å². The fraction of sp³-hybridized carbons (Fsp3) is 0.700. The second-order valence-corrected chi connectivity index (χ2v) is 3.64. The molecule has 0 unspecified atom stereocenters. The molecule has 0 aromatic carbocycles. The molecule has 0 aromatic rings. The van der Waals surface area contributed by atoms with Gasteiger partial charge < -0.3 is 21.5 Å².